The van der Waals surface area contributed by atoms with Gasteiger partial charge < -0.3 is 11.1 Å². The lowest BCUT2D eigenvalue weighted by atomic mass is 10.2. The van der Waals surface area contributed by atoms with E-state index < -0.39 is 11.2 Å². The first-order chi connectivity index (χ1) is 12.1. The second-order valence-corrected chi connectivity index (χ2v) is 5.82. The van der Waals surface area contributed by atoms with Crippen molar-refractivity contribution in [3.05, 3.63) is 92.6 Å². The minimum atomic E-state index is -0.434. The van der Waals surface area contributed by atoms with Gasteiger partial charge in [-0.05, 0) is 11.1 Å². The molecule has 0 unspecified atom stereocenters. The van der Waals surface area contributed by atoms with Gasteiger partial charge in [-0.15, -0.1) is 0 Å². The molecule has 3 N–H and O–H groups in total. The molecule has 0 bridgehead atoms. The van der Waals surface area contributed by atoms with E-state index in [-0.39, 0.29) is 11.5 Å². The van der Waals surface area contributed by atoms with Crippen molar-refractivity contribution >= 4 is 11.5 Å². The van der Waals surface area contributed by atoms with Crippen molar-refractivity contribution in [2.24, 2.45) is 7.05 Å². The molecule has 3 aromatic rings. The fourth-order valence-electron chi connectivity index (χ4n) is 2.65. The topological polar surface area (TPSA) is 82.0 Å². The molecule has 0 fully saturated rings. The Bertz CT molecular complexity index is 976. The predicted molar refractivity (Wildman–Crippen MR) is 99.7 cm³/mol. The molecule has 25 heavy (non-hydrogen) atoms. The van der Waals surface area contributed by atoms with Crippen LogP contribution in [-0.4, -0.2) is 9.13 Å². The normalized spacial score (nSPS) is 10.6. The Kier molecular flexibility index (Phi) is 4.70. The minimum absolute atomic E-state index is 0.146. The van der Waals surface area contributed by atoms with Crippen LogP contribution in [0, 0.1) is 0 Å². The monoisotopic (exact) mass is 336 g/mol. The van der Waals surface area contributed by atoms with Crippen LogP contribution >= 0.6 is 0 Å². The average molecular weight is 336 g/mol. The molecular weight excluding hydrogens is 316 g/mol. The van der Waals surface area contributed by atoms with Gasteiger partial charge in [0.15, 0.2) is 0 Å². The van der Waals surface area contributed by atoms with E-state index in [9.17, 15) is 9.59 Å². The number of hydrogen-bond acceptors (Lipinski definition) is 4. The zero-order chi connectivity index (χ0) is 17.8. The Morgan fingerprint density at radius 1 is 0.920 bits per heavy atom. The third-order valence-electron chi connectivity index (χ3n) is 4.08. The summed E-state index contributed by atoms with van der Waals surface area (Å²) >= 11 is 0. The van der Waals surface area contributed by atoms with E-state index in [0.717, 1.165) is 15.7 Å². The highest BCUT2D eigenvalue weighted by molar-refractivity contribution is 5.61. The van der Waals surface area contributed by atoms with Crippen molar-refractivity contribution in [2.45, 2.75) is 13.1 Å². The summed E-state index contributed by atoms with van der Waals surface area (Å²) in [5.74, 6) is 0.146. The third-order valence-corrected chi connectivity index (χ3v) is 4.08. The second kappa shape index (κ2) is 7.09. The van der Waals surface area contributed by atoms with E-state index in [2.05, 4.69) is 5.32 Å². The molecule has 1 aromatic heterocycles. The maximum Gasteiger partial charge on any atom is 0.332 e. The second-order valence-electron chi connectivity index (χ2n) is 5.82. The molecule has 0 saturated carbocycles. The van der Waals surface area contributed by atoms with Crippen molar-refractivity contribution in [2.75, 3.05) is 11.1 Å². The maximum atomic E-state index is 12.5. The lowest BCUT2D eigenvalue weighted by Gasteiger charge is -2.16. The van der Waals surface area contributed by atoms with Crippen LogP contribution in [-0.2, 0) is 20.1 Å². The molecule has 0 aliphatic heterocycles. The standard InChI is InChI=1S/C19H20N4O2/c1-22-18(24)16(21-12-14-8-4-2-5-9-14)17(20)23(19(22)25)13-15-10-6-3-7-11-15/h2-11,21H,12-13,20H2,1H3. The predicted octanol–water partition coefficient (Wildman–Crippen LogP) is 1.79. The number of benzene rings is 2. The van der Waals surface area contributed by atoms with Gasteiger partial charge in [0.05, 0.1) is 6.54 Å². The van der Waals surface area contributed by atoms with Crippen molar-refractivity contribution in [3.8, 4) is 0 Å². The molecular formula is C19H20N4O2. The molecule has 3 rings (SSSR count). The van der Waals surface area contributed by atoms with Crippen LogP contribution in [0.25, 0.3) is 0 Å². The molecule has 2 aromatic carbocycles. The molecule has 0 aliphatic carbocycles. The van der Waals surface area contributed by atoms with Gasteiger partial charge in [-0.3, -0.25) is 13.9 Å². The van der Waals surface area contributed by atoms with Gasteiger partial charge in [0, 0.05) is 13.6 Å². The fraction of sp³-hybridized carbons (Fsp3) is 0.158. The number of hydrogen-bond donors (Lipinski definition) is 2. The van der Waals surface area contributed by atoms with E-state index in [1.54, 1.807) is 0 Å². The summed E-state index contributed by atoms with van der Waals surface area (Å²) in [6, 6.07) is 19.2. The van der Waals surface area contributed by atoms with Crippen LogP contribution in [0.5, 0.6) is 0 Å². The van der Waals surface area contributed by atoms with Gasteiger partial charge in [0.1, 0.15) is 11.5 Å². The van der Waals surface area contributed by atoms with E-state index >= 15 is 0 Å². The van der Waals surface area contributed by atoms with E-state index in [1.807, 2.05) is 60.7 Å². The molecule has 0 atom stereocenters. The van der Waals surface area contributed by atoms with Gasteiger partial charge >= 0.3 is 5.69 Å². The highest BCUT2D eigenvalue weighted by Gasteiger charge is 2.15. The van der Waals surface area contributed by atoms with Crippen LogP contribution < -0.4 is 22.3 Å². The highest BCUT2D eigenvalue weighted by atomic mass is 16.2. The Hall–Kier alpha value is -3.28. The van der Waals surface area contributed by atoms with Crippen molar-refractivity contribution < 1.29 is 0 Å². The Morgan fingerprint density at radius 3 is 2.08 bits per heavy atom. The first kappa shape index (κ1) is 16.6. The summed E-state index contributed by atoms with van der Waals surface area (Å²) in [5.41, 5.74) is 7.48. The number of anilines is 2. The van der Waals surface area contributed by atoms with Crippen molar-refractivity contribution in [1.82, 2.24) is 9.13 Å². The number of nitrogens with zero attached hydrogens (tertiary/aromatic N) is 2. The molecule has 128 valence electrons. The first-order valence-corrected chi connectivity index (χ1v) is 7.99. The number of rotatable bonds is 5. The highest BCUT2D eigenvalue weighted by Crippen LogP contribution is 2.14. The molecule has 0 saturated heterocycles. The van der Waals surface area contributed by atoms with Gasteiger partial charge in [0.2, 0.25) is 0 Å². The number of nitrogens with two attached hydrogens (primary N) is 1. The maximum absolute atomic E-state index is 12.5. The van der Waals surface area contributed by atoms with Gasteiger partial charge in [-0.25, -0.2) is 4.79 Å². The van der Waals surface area contributed by atoms with Crippen LogP contribution in [0.4, 0.5) is 11.5 Å². The van der Waals surface area contributed by atoms with Crippen LogP contribution in [0.15, 0.2) is 70.3 Å². The molecule has 0 amide bonds. The molecule has 0 radical (unpaired) electrons. The smallest absolute Gasteiger partial charge is 0.332 e. The third kappa shape index (κ3) is 3.47. The SMILES string of the molecule is Cn1c(=O)c(NCc2ccccc2)c(N)n(Cc2ccccc2)c1=O. The van der Waals surface area contributed by atoms with Gasteiger partial charge in [0.25, 0.3) is 5.56 Å². The zero-order valence-corrected chi connectivity index (χ0v) is 14.0. The summed E-state index contributed by atoms with van der Waals surface area (Å²) in [6.45, 7) is 0.753. The number of nitrogens with one attached hydrogen (secondary N) is 1. The quantitative estimate of drug-likeness (QED) is 0.744. The minimum Gasteiger partial charge on any atom is -0.383 e. The van der Waals surface area contributed by atoms with Gasteiger partial charge in [-0.2, -0.15) is 0 Å². The van der Waals surface area contributed by atoms with E-state index in [0.29, 0.717) is 13.1 Å². The molecule has 0 spiro atoms. The number of nitrogen functional groups attached to an aromatic ring is 1. The molecule has 6 heteroatoms. The van der Waals surface area contributed by atoms with Crippen molar-refractivity contribution in [3.63, 3.8) is 0 Å². The molecule has 6 nitrogen and oxygen atoms in total. The Labute approximate surface area is 145 Å². The van der Waals surface area contributed by atoms with Crippen LogP contribution in [0.1, 0.15) is 11.1 Å². The van der Waals surface area contributed by atoms with Crippen LogP contribution in [0.2, 0.25) is 0 Å². The fourth-order valence-corrected chi connectivity index (χ4v) is 2.65. The molecule has 0 aliphatic rings. The summed E-state index contributed by atoms with van der Waals surface area (Å²) in [4.78, 5) is 24.9. The summed E-state index contributed by atoms with van der Waals surface area (Å²) in [5, 5.41) is 3.07. The summed E-state index contributed by atoms with van der Waals surface area (Å²) < 4.78 is 2.48. The van der Waals surface area contributed by atoms with Gasteiger partial charge in [-0.1, -0.05) is 60.7 Å². The largest absolute Gasteiger partial charge is 0.383 e. The summed E-state index contributed by atoms with van der Waals surface area (Å²) in [6.07, 6.45) is 0. The lowest BCUT2D eigenvalue weighted by Crippen LogP contribution is -2.40. The van der Waals surface area contributed by atoms with E-state index in [1.165, 1.54) is 11.6 Å². The first-order valence-electron chi connectivity index (χ1n) is 7.99. The Morgan fingerprint density at radius 2 is 1.48 bits per heavy atom. The zero-order valence-electron chi connectivity index (χ0n) is 14.0. The summed E-state index contributed by atoms with van der Waals surface area (Å²) in [7, 11) is 1.46. The van der Waals surface area contributed by atoms with Crippen LogP contribution in [0.3, 0.4) is 0 Å². The molecule has 1 heterocycles. The van der Waals surface area contributed by atoms with Crippen molar-refractivity contribution in [1.29, 1.82) is 0 Å². The van der Waals surface area contributed by atoms with E-state index in [4.69, 9.17) is 5.73 Å². The lowest BCUT2D eigenvalue weighted by molar-refractivity contribution is 0.656. The number of aromatic nitrogens is 2. The average Bonchev–Trinajstić information content (AvgIpc) is 2.65. The Balaban J connectivity index is 1.98.